The van der Waals surface area contributed by atoms with E-state index in [1.165, 1.54) is 20.9 Å². The molecule has 0 radical (unpaired) electrons. The van der Waals surface area contributed by atoms with Crippen molar-refractivity contribution >= 4 is 23.9 Å². The summed E-state index contributed by atoms with van der Waals surface area (Å²) in [6.45, 7) is 0. The topological polar surface area (TPSA) is 0 Å². The number of fused-ring (bicyclic) bond motifs is 2. The number of rotatable bonds is 0. The van der Waals surface area contributed by atoms with Crippen LogP contribution >= 0.6 is 11.8 Å². The van der Waals surface area contributed by atoms with Gasteiger partial charge in [0.15, 0.2) is 0 Å². The average Bonchev–Trinajstić information content (AvgIpc) is 2.48. The van der Waals surface area contributed by atoms with Crippen LogP contribution in [0.4, 0.5) is 0 Å². The summed E-state index contributed by atoms with van der Waals surface area (Å²) in [7, 11) is 0. The number of hydrogen-bond donors (Lipinski definition) is 0. The molecule has 0 spiro atoms. The summed E-state index contributed by atoms with van der Waals surface area (Å²) in [6.07, 6.45) is 4.38. The summed E-state index contributed by atoms with van der Waals surface area (Å²) < 4.78 is 0. The maximum absolute atomic E-state index is 2.19. The van der Waals surface area contributed by atoms with E-state index in [-0.39, 0.29) is 0 Å². The third kappa shape index (κ3) is 1.59. The molecule has 72 valence electrons. The molecule has 1 heteroatoms. The normalized spacial score (nSPS) is 12.8. The zero-order valence-electron chi connectivity index (χ0n) is 8.18. The van der Waals surface area contributed by atoms with Crippen LogP contribution in [-0.4, -0.2) is 0 Å². The van der Waals surface area contributed by atoms with E-state index < -0.39 is 0 Å². The Kier molecular flexibility index (Phi) is 2.11. The third-order valence-corrected chi connectivity index (χ3v) is 3.68. The maximum Gasteiger partial charge on any atom is 0.0195 e. The first kappa shape index (κ1) is 8.81. The van der Waals surface area contributed by atoms with Crippen molar-refractivity contribution in [3.63, 3.8) is 0 Å². The Morgan fingerprint density at radius 3 is 1.60 bits per heavy atom. The standard InChI is InChI=1S/C14H10S/c1-3-7-13-11(5-1)9-10-12-6-2-4-8-14(12)15-13/h1-10H. The quantitative estimate of drug-likeness (QED) is 0.532. The highest BCUT2D eigenvalue weighted by molar-refractivity contribution is 7.99. The van der Waals surface area contributed by atoms with Crippen LogP contribution in [0, 0.1) is 0 Å². The van der Waals surface area contributed by atoms with Crippen LogP contribution < -0.4 is 0 Å². The van der Waals surface area contributed by atoms with E-state index in [1.807, 2.05) is 11.8 Å². The van der Waals surface area contributed by atoms with Gasteiger partial charge in [0.2, 0.25) is 0 Å². The molecule has 0 aliphatic carbocycles. The maximum atomic E-state index is 2.19. The molecule has 3 rings (SSSR count). The van der Waals surface area contributed by atoms with Crippen molar-refractivity contribution in [2.24, 2.45) is 0 Å². The highest BCUT2D eigenvalue weighted by Crippen LogP contribution is 2.36. The molecule has 0 nitrogen and oxygen atoms in total. The van der Waals surface area contributed by atoms with Gasteiger partial charge in [-0.15, -0.1) is 0 Å². The van der Waals surface area contributed by atoms with Crippen molar-refractivity contribution in [2.45, 2.75) is 9.79 Å². The summed E-state index contributed by atoms with van der Waals surface area (Å²) in [6, 6.07) is 17.0. The molecule has 1 aliphatic rings. The number of benzene rings is 2. The molecule has 0 saturated carbocycles. The van der Waals surface area contributed by atoms with Crippen molar-refractivity contribution in [1.82, 2.24) is 0 Å². The number of hydrogen-bond acceptors (Lipinski definition) is 1. The van der Waals surface area contributed by atoms with Gasteiger partial charge in [0.25, 0.3) is 0 Å². The zero-order chi connectivity index (χ0) is 10.1. The smallest absolute Gasteiger partial charge is 0.0195 e. The summed E-state index contributed by atoms with van der Waals surface area (Å²) in [5.41, 5.74) is 2.61. The minimum absolute atomic E-state index is 1.30. The van der Waals surface area contributed by atoms with Gasteiger partial charge >= 0.3 is 0 Å². The van der Waals surface area contributed by atoms with Crippen molar-refractivity contribution in [3.05, 3.63) is 59.7 Å². The van der Waals surface area contributed by atoms with Gasteiger partial charge in [0.1, 0.15) is 0 Å². The van der Waals surface area contributed by atoms with E-state index in [1.54, 1.807) is 0 Å². The van der Waals surface area contributed by atoms with Gasteiger partial charge in [-0.1, -0.05) is 60.3 Å². The lowest BCUT2D eigenvalue weighted by molar-refractivity contribution is 1.39. The molecule has 0 amide bonds. The molecule has 1 aliphatic heterocycles. The molecule has 2 aromatic rings. The van der Waals surface area contributed by atoms with Crippen LogP contribution in [0.25, 0.3) is 12.2 Å². The molecule has 0 bridgehead atoms. The van der Waals surface area contributed by atoms with Gasteiger partial charge in [-0.05, 0) is 23.3 Å². The minimum Gasteiger partial charge on any atom is -0.0888 e. The fourth-order valence-corrected chi connectivity index (χ4v) is 2.76. The molecule has 0 unspecified atom stereocenters. The zero-order valence-corrected chi connectivity index (χ0v) is 9.00. The van der Waals surface area contributed by atoms with E-state index in [0.29, 0.717) is 0 Å². The minimum atomic E-state index is 1.30. The Labute approximate surface area is 93.6 Å². The molecule has 0 saturated heterocycles. The monoisotopic (exact) mass is 210 g/mol. The summed E-state index contributed by atoms with van der Waals surface area (Å²) >= 11 is 1.84. The first-order valence-corrected chi connectivity index (χ1v) is 5.79. The van der Waals surface area contributed by atoms with Crippen molar-refractivity contribution in [2.75, 3.05) is 0 Å². The van der Waals surface area contributed by atoms with Crippen LogP contribution in [-0.2, 0) is 0 Å². The second-order valence-corrected chi connectivity index (χ2v) is 4.59. The molecule has 0 N–H and O–H groups in total. The Bertz CT molecular complexity index is 479. The first-order valence-electron chi connectivity index (χ1n) is 4.97. The molecule has 15 heavy (non-hydrogen) atoms. The second-order valence-electron chi connectivity index (χ2n) is 3.51. The lowest BCUT2D eigenvalue weighted by Crippen LogP contribution is -1.77. The summed E-state index contributed by atoms with van der Waals surface area (Å²) in [5.74, 6) is 0. The van der Waals surface area contributed by atoms with Gasteiger partial charge in [-0.3, -0.25) is 0 Å². The summed E-state index contributed by atoms with van der Waals surface area (Å²) in [5, 5.41) is 0. The molecule has 2 aromatic carbocycles. The molecular formula is C14H10S. The van der Waals surface area contributed by atoms with Crippen molar-refractivity contribution < 1.29 is 0 Å². The molecule has 0 aromatic heterocycles. The predicted octanol–water partition coefficient (Wildman–Crippen LogP) is 4.32. The molecule has 0 atom stereocenters. The lowest BCUT2D eigenvalue weighted by Gasteiger charge is -2.04. The van der Waals surface area contributed by atoms with Crippen LogP contribution in [0.2, 0.25) is 0 Å². The van der Waals surface area contributed by atoms with Gasteiger partial charge in [0.05, 0.1) is 0 Å². The van der Waals surface area contributed by atoms with Gasteiger partial charge in [-0.2, -0.15) is 0 Å². The van der Waals surface area contributed by atoms with Crippen molar-refractivity contribution in [1.29, 1.82) is 0 Å². The Balaban J connectivity index is 2.19. The highest BCUT2D eigenvalue weighted by Gasteiger charge is 2.07. The Morgan fingerprint density at radius 2 is 1.07 bits per heavy atom. The summed E-state index contributed by atoms with van der Waals surface area (Å²) in [4.78, 5) is 2.66. The first-order chi connectivity index (χ1) is 7.43. The van der Waals surface area contributed by atoms with Crippen LogP contribution in [0.5, 0.6) is 0 Å². The molecular weight excluding hydrogens is 200 g/mol. The molecule has 1 heterocycles. The van der Waals surface area contributed by atoms with Gasteiger partial charge in [-0.25, -0.2) is 0 Å². The Hall–Kier alpha value is -1.47. The van der Waals surface area contributed by atoms with Crippen LogP contribution in [0.1, 0.15) is 11.1 Å². The average molecular weight is 210 g/mol. The van der Waals surface area contributed by atoms with Crippen molar-refractivity contribution in [3.8, 4) is 0 Å². The van der Waals surface area contributed by atoms with E-state index in [9.17, 15) is 0 Å². The van der Waals surface area contributed by atoms with Gasteiger partial charge in [0, 0.05) is 9.79 Å². The fraction of sp³-hybridized carbons (Fsp3) is 0. The Morgan fingerprint density at radius 1 is 0.600 bits per heavy atom. The van der Waals surface area contributed by atoms with E-state index in [0.717, 1.165) is 0 Å². The van der Waals surface area contributed by atoms with Crippen LogP contribution in [0.15, 0.2) is 58.3 Å². The van der Waals surface area contributed by atoms with E-state index in [4.69, 9.17) is 0 Å². The largest absolute Gasteiger partial charge is 0.0888 e. The third-order valence-electron chi connectivity index (χ3n) is 2.50. The fourth-order valence-electron chi connectivity index (χ4n) is 1.72. The highest BCUT2D eigenvalue weighted by atomic mass is 32.2. The molecule has 0 fully saturated rings. The van der Waals surface area contributed by atoms with E-state index in [2.05, 4.69) is 60.7 Å². The SMILES string of the molecule is C1=Cc2ccccc2Sc2ccccc21. The second kappa shape index (κ2) is 3.59. The van der Waals surface area contributed by atoms with E-state index >= 15 is 0 Å². The van der Waals surface area contributed by atoms with Gasteiger partial charge < -0.3 is 0 Å². The lowest BCUT2D eigenvalue weighted by atomic mass is 10.1. The predicted molar refractivity (Wildman–Crippen MR) is 65.9 cm³/mol. The van der Waals surface area contributed by atoms with Crippen LogP contribution in [0.3, 0.4) is 0 Å².